The summed E-state index contributed by atoms with van der Waals surface area (Å²) in [4.78, 5) is 0. The number of nitrogens with two attached hydrogens (primary N) is 1. The first-order valence-electron chi connectivity index (χ1n) is 4.94. The smallest absolute Gasteiger partial charge is 0.120 e. The molecule has 0 heterocycles. The van der Waals surface area contributed by atoms with Crippen molar-refractivity contribution in [1.29, 1.82) is 0 Å². The summed E-state index contributed by atoms with van der Waals surface area (Å²) in [5, 5.41) is 9.74. The Hall–Kier alpha value is -1.02. The number of aryl methyl sites for hydroxylation is 1. The fourth-order valence-electron chi connectivity index (χ4n) is 1.39. The number of aromatic hydroxyl groups is 1. The van der Waals surface area contributed by atoms with Crippen LogP contribution in [0.4, 0.5) is 0 Å². The van der Waals surface area contributed by atoms with Crippen molar-refractivity contribution in [3.8, 4) is 5.75 Å². The van der Waals surface area contributed by atoms with Crippen molar-refractivity contribution in [3.05, 3.63) is 29.3 Å². The van der Waals surface area contributed by atoms with Crippen molar-refractivity contribution in [2.45, 2.75) is 33.2 Å². The molecule has 0 aliphatic rings. The van der Waals surface area contributed by atoms with Crippen LogP contribution in [0.5, 0.6) is 5.75 Å². The Labute approximate surface area is 85.8 Å². The van der Waals surface area contributed by atoms with Gasteiger partial charge in [0.2, 0.25) is 0 Å². The number of phenols is 1. The second-order valence-electron chi connectivity index (χ2n) is 4.46. The van der Waals surface area contributed by atoms with E-state index in [0.717, 1.165) is 11.1 Å². The molecule has 78 valence electrons. The molecule has 1 aromatic carbocycles. The Morgan fingerprint density at radius 2 is 1.93 bits per heavy atom. The van der Waals surface area contributed by atoms with E-state index in [1.54, 1.807) is 6.07 Å². The quantitative estimate of drug-likeness (QED) is 0.758. The maximum atomic E-state index is 9.74. The van der Waals surface area contributed by atoms with Gasteiger partial charge in [0.1, 0.15) is 5.75 Å². The van der Waals surface area contributed by atoms with Gasteiger partial charge in [0.25, 0.3) is 0 Å². The molecule has 0 saturated heterocycles. The number of hydrogen-bond acceptors (Lipinski definition) is 2. The van der Waals surface area contributed by atoms with Gasteiger partial charge in [-0.3, -0.25) is 0 Å². The van der Waals surface area contributed by atoms with Crippen molar-refractivity contribution < 1.29 is 5.11 Å². The topological polar surface area (TPSA) is 46.2 Å². The summed E-state index contributed by atoms with van der Waals surface area (Å²) in [6.07, 6.45) is 0. The molecule has 3 N–H and O–H groups in total. The summed E-state index contributed by atoms with van der Waals surface area (Å²) >= 11 is 0. The van der Waals surface area contributed by atoms with Crippen molar-refractivity contribution in [2.24, 2.45) is 11.7 Å². The van der Waals surface area contributed by atoms with Crippen LogP contribution in [-0.2, 0) is 5.54 Å². The molecule has 0 aliphatic heterocycles. The number of phenolic OH excluding ortho intramolecular Hbond substituents is 1. The van der Waals surface area contributed by atoms with E-state index in [1.807, 2.05) is 26.0 Å². The van der Waals surface area contributed by atoms with Crippen LogP contribution >= 0.6 is 0 Å². The average Bonchev–Trinajstić information content (AvgIpc) is 2.08. The lowest BCUT2D eigenvalue weighted by Gasteiger charge is -2.30. The Morgan fingerprint density at radius 1 is 1.36 bits per heavy atom. The van der Waals surface area contributed by atoms with Crippen molar-refractivity contribution in [3.63, 3.8) is 0 Å². The van der Waals surface area contributed by atoms with Crippen LogP contribution in [0.2, 0.25) is 0 Å². The molecule has 0 aromatic heterocycles. The van der Waals surface area contributed by atoms with Gasteiger partial charge < -0.3 is 10.8 Å². The molecule has 1 atom stereocenters. The van der Waals surface area contributed by atoms with Gasteiger partial charge in [-0.2, -0.15) is 0 Å². The van der Waals surface area contributed by atoms with E-state index in [0.29, 0.717) is 0 Å². The van der Waals surface area contributed by atoms with E-state index in [1.165, 1.54) is 0 Å². The molecule has 1 aromatic rings. The van der Waals surface area contributed by atoms with Crippen LogP contribution in [0.1, 0.15) is 31.9 Å². The Morgan fingerprint density at radius 3 is 2.43 bits per heavy atom. The molecule has 0 amide bonds. The minimum atomic E-state index is -0.476. The molecule has 0 bridgehead atoms. The zero-order valence-electron chi connectivity index (χ0n) is 9.33. The Balaban J connectivity index is 3.24. The Kier molecular flexibility index (Phi) is 2.86. The zero-order valence-corrected chi connectivity index (χ0v) is 9.33. The highest BCUT2D eigenvalue weighted by Gasteiger charge is 2.28. The first kappa shape index (κ1) is 11.1. The van der Waals surface area contributed by atoms with E-state index in [2.05, 4.69) is 13.8 Å². The number of benzene rings is 1. The van der Waals surface area contributed by atoms with Gasteiger partial charge in [-0.1, -0.05) is 31.5 Å². The summed E-state index contributed by atoms with van der Waals surface area (Å²) < 4.78 is 0. The van der Waals surface area contributed by atoms with Crippen molar-refractivity contribution in [1.82, 2.24) is 0 Å². The highest BCUT2D eigenvalue weighted by Crippen LogP contribution is 2.33. The molecule has 0 spiro atoms. The highest BCUT2D eigenvalue weighted by atomic mass is 16.3. The molecule has 14 heavy (non-hydrogen) atoms. The van der Waals surface area contributed by atoms with Crippen molar-refractivity contribution >= 4 is 0 Å². The van der Waals surface area contributed by atoms with Gasteiger partial charge in [-0.25, -0.2) is 0 Å². The lowest BCUT2D eigenvalue weighted by atomic mass is 9.81. The summed E-state index contributed by atoms with van der Waals surface area (Å²) in [6.45, 7) is 8.06. The molecule has 0 radical (unpaired) electrons. The van der Waals surface area contributed by atoms with Crippen molar-refractivity contribution in [2.75, 3.05) is 0 Å². The SMILES string of the molecule is Cc1ccc(O)c(C(C)(N)C(C)C)c1. The van der Waals surface area contributed by atoms with Gasteiger partial charge in [-0.05, 0) is 25.8 Å². The van der Waals surface area contributed by atoms with Gasteiger partial charge in [-0.15, -0.1) is 0 Å². The average molecular weight is 193 g/mol. The third kappa shape index (κ3) is 1.90. The van der Waals surface area contributed by atoms with Crippen LogP contribution in [0, 0.1) is 12.8 Å². The lowest BCUT2D eigenvalue weighted by molar-refractivity contribution is 0.333. The third-order valence-electron chi connectivity index (χ3n) is 2.93. The standard InChI is InChI=1S/C12H19NO/c1-8(2)12(4,13)10-7-9(3)5-6-11(10)14/h5-8,14H,13H2,1-4H3. The van der Waals surface area contributed by atoms with Crippen LogP contribution in [0.25, 0.3) is 0 Å². The first-order chi connectivity index (χ1) is 6.35. The molecule has 0 fully saturated rings. The number of rotatable bonds is 2. The lowest BCUT2D eigenvalue weighted by Crippen LogP contribution is -2.38. The van der Waals surface area contributed by atoms with Crippen LogP contribution < -0.4 is 5.73 Å². The molecule has 1 rings (SSSR count). The predicted molar refractivity (Wildman–Crippen MR) is 59.2 cm³/mol. The zero-order chi connectivity index (χ0) is 10.9. The van der Waals surface area contributed by atoms with E-state index < -0.39 is 5.54 Å². The maximum absolute atomic E-state index is 9.74. The molecule has 2 heteroatoms. The molecule has 1 unspecified atom stereocenters. The predicted octanol–water partition coefficient (Wildman–Crippen LogP) is 2.53. The summed E-state index contributed by atoms with van der Waals surface area (Å²) in [6, 6.07) is 5.54. The highest BCUT2D eigenvalue weighted by molar-refractivity contribution is 5.40. The molecule has 2 nitrogen and oxygen atoms in total. The molecule has 0 aliphatic carbocycles. The van der Waals surface area contributed by atoms with Gasteiger partial charge in [0, 0.05) is 11.1 Å². The van der Waals surface area contributed by atoms with Crippen LogP contribution in [-0.4, -0.2) is 5.11 Å². The number of hydrogen-bond donors (Lipinski definition) is 2. The second-order valence-corrected chi connectivity index (χ2v) is 4.46. The Bertz CT molecular complexity index is 329. The van der Waals surface area contributed by atoms with Gasteiger partial charge in [0.15, 0.2) is 0 Å². The maximum Gasteiger partial charge on any atom is 0.120 e. The van der Waals surface area contributed by atoms with Crippen LogP contribution in [0.3, 0.4) is 0 Å². The third-order valence-corrected chi connectivity index (χ3v) is 2.93. The van der Waals surface area contributed by atoms with E-state index in [9.17, 15) is 5.11 Å². The minimum absolute atomic E-state index is 0.286. The van der Waals surface area contributed by atoms with E-state index >= 15 is 0 Å². The van der Waals surface area contributed by atoms with Gasteiger partial charge >= 0.3 is 0 Å². The minimum Gasteiger partial charge on any atom is -0.508 e. The van der Waals surface area contributed by atoms with E-state index in [-0.39, 0.29) is 11.7 Å². The summed E-state index contributed by atoms with van der Waals surface area (Å²) in [7, 11) is 0. The fourth-order valence-corrected chi connectivity index (χ4v) is 1.39. The second kappa shape index (κ2) is 3.62. The summed E-state index contributed by atoms with van der Waals surface area (Å²) in [5.41, 5.74) is 7.66. The monoisotopic (exact) mass is 193 g/mol. The molecular weight excluding hydrogens is 174 g/mol. The van der Waals surface area contributed by atoms with Gasteiger partial charge in [0.05, 0.1) is 0 Å². The fraction of sp³-hybridized carbons (Fsp3) is 0.500. The van der Waals surface area contributed by atoms with E-state index in [4.69, 9.17) is 5.73 Å². The van der Waals surface area contributed by atoms with Crippen LogP contribution in [0.15, 0.2) is 18.2 Å². The first-order valence-corrected chi connectivity index (χ1v) is 4.94. The normalized spacial score (nSPS) is 15.6. The molecular formula is C12H19NO. The largest absolute Gasteiger partial charge is 0.508 e. The molecule has 0 saturated carbocycles. The summed E-state index contributed by atoms with van der Waals surface area (Å²) in [5.74, 6) is 0.574.